The minimum atomic E-state index is -1.04. The van der Waals surface area contributed by atoms with Gasteiger partial charge in [0.2, 0.25) is 11.9 Å². The Morgan fingerprint density at radius 3 is 2.43 bits per heavy atom. The Morgan fingerprint density at radius 1 is 0.863 bits per heavy atom. The fraction of sp³-hybridized carbons (Fsp3) is 0.308. The molecule has 5 aromatic rings. The Bertz CT molecular complexity index is 2120. The molecule has 2 aliphatic heterocycles. The molecule has 0 bridgehead atoms. The first-order chi connectivity index (χ1) is 24.8. The summed E-state index contributed by atoms with van der Waals surface area (Å²) < 4.78 is 29.6. The van der Waals surface area contributed by atoms with E-state index in [0.717, 1.165) is 43.9 Å². The molecule has 0 radical (unpaired) electrons. The van der Waals surface area contributed by atoms with Crippen molar-refractivity contribution in [2.24, 2.45) is 11.8 Å². The van der Waals surface area contributed by atoms with Crippen LogP contribution in [-0.2, 0) is 11.3 Å². The molecule has 8 rings (SSSR count). The molecule has 2 amide bonds. The Kier molecular flexibility index (Phi) is 8.87. The molecule has 2 N–H and O–H groups in total. The van der Waals surface area contributed by atoms with Crippen LogP contribution >= 0.6 is 0 Å². The van der Waals surface area contributed by atoms with E-state index < -0.39 is 23.5 Å². The molecule has 3 aliphatic rings. The van der Waals surface area contributed by atoms with Crippen LogP contribution in [0.3, 0.4) is 0 Å². The fourth-order valence-electron chi connectivity index (χ4n) is 7.67. The van der Waals surface area contributed by atoms with Gasteiger partial charge in [-0.1, -0.05) is 36.4 Å². The number of Topliss-reactive ketones (excluding diaryl/α,β-unsaturated/α-hetero) is 1. The zero-order valence-corrected chi connectivity index (χ0v) is 27.9. The molecule has 0 spiro atoms. The summed E-state index contributed by atoms with van der Waals surface area (Å²) >= 11 is 0. The number of carbonyl (C=O) groups excluding carboxylic acids is 3. The average molecular weight is 690 g/mol. The van der Waals surface area contributed by atoms with Crippen molar-refractivity contribution in [2.75, 3.05) is 31.1 Å². The van der Waals surface area contributed by atoms with Crippen molar-refractivity contribution in [3.63, 3.8) is 0 Å². The summed E-state index contributed by atoms with van der Waals surface area (Å²) in [5, 5.41) is 6.39. The number of pyridine rings is 2. The molecule has 1 atom stereocenters. The summed E-state index contributed by atoms with van der Waals surface area (Å²) in [6, 6.07) is 21.2. The van der Waals surface area contributed by atoms with E-state index in [9.17, 15) is 23.2 Å². The summed E-state index contributed by atoms with van der Waals surface area (Å²) in [6.45, 7) is 4.91. The Hall–Kier alpha value is -5.33. The quantitative estimate of drug-likeness (QED) is 0.170. The smallest absolute Gasteiger partial charge is 0.271 e. The second-order valence-electron chi connectivity index (χ2n) is 13.6. The second-order valence-corrected chi connectivity index (χ2v) is 13.6. The van der Waals surface area contributed by atoms with Crippen molar-refractivity contribution in [3.8, 4) is 11.1 Å². The Balaban J connectivity index is 0.997. The number of benzene rings is 2. The third-order valence-electron chi connectivity index (χ3n) is 10.3. The first kappa shape index (κ1) is 32.9. The zero-order valence-electron chi connectivity index (χ0n) is 27.9. The Labute approximate surface area is 293 Å². The number of hydrogen-bond acceptors (Lipinski definition) is 7. The number of carbonyl (C=O) groups is 3. The normalized spacial score (nSPS) is 21.1. The van der Waals surface area contributed by atoms with Crippen LogP contribution in [0.2, 0.25) is 0 Å². The molecule has 1 saturated heterocycles. The summed E-state index contributed by atoms with van der Waals surface area (Å²) in [6.07, 6.45) is 4.83. The molecule has 260 valence electrons. The number of amides is 2. The predicted octanol–water partition coefficient (Wildman–Crippen LogP) is 5.55. The van der Waals surface area contributed by atoms with Crippen LogP contribution in [0.15, 0.2) is 85.2 Å². The number of nitrogens with one attached hydrogen (secondary N) is 2. The van der Waals surface area contributed by atoms with Gasteiger partial charge in [-0.05, 0) is 84.7 Å². The van der Waals surface area contributed by atoms with Crippen LogP contribution in [0.1, 0.15) is 52.2 Å². The maximum atomic E-state index is 14.5. The van der Waals surface area contributed by atoms with Crippen LogP contribution in [0, 0.1) is 23.6 Å². The highest BCUT2D eigenvalue weighted by Crippen LogP contribution is 2.42. The summed E-state index contributed by atoms with van der Waals surface area (Å²) in [7, 11) is 0. The third kappa shape index (κ3) is 6.64. The van der Waals surface area contributed by atoms with E-state index in [4.69, 9.17) is 0 Å². The number of fused-ring (bicyclic) bond motifs is 2. The topological polar surface area (TPSA) is 112 Å². The molecule has 10 nitrogen and oxygen atoms in total. The first-order valence-electron chi connectivity index (χ1n) is 17.4. The monoisotopic (exact) mass is 689 g/mol. The van der Waals surface area contributed by atoms with Gasteiger partial charge in [0.1, 0.15) is 28.8 Å². The molecule has 5 heterocycles. The Morgan fingerprint density at radius 2 is 1.65 bits per heavy atom. The highest BCUT2D eigenvalue weighted by Gasteiger charge is 2.46. The minimum Gasteiger partial charge on any atom is -0.348 e. The van der Waals surface area contributed by atoms with Crippen molar-refractivity contribution in [3.05, 3.63) is 114 Å². The van der Waals surface area contributed by atoms with Crippen molar-refractivity contribution in [1.29, 1.82) is 0 Å². The lowest BCUT2D eigenvalue weighted by Crippen LogP contribution is -2.48. The van der Waals surface area contributed by atoms with Gasteiger partial charge in [0.15, 0.2) is 5.78 Å². The number of halogens is 2. The lowest BCUT2D eigenvalue weighted by molar-refractivity contribution is -0.122. The molecule has 2 fully saturated rings. The molecule has 1 unspecified atom stereocenters. The van der Waals surface area contributed by atoms with E-state index in [1.807, 2.05) is 24.3 Å². The van der Waals surface area contributed by atoms with Gasteiger partial charge in [-0.2, -0.15) is 4.39 Å². The second kappa shape index (κ2) is 13.8. The summed E-state index contributed by atoms with van der Waals surface area (Å²) in [5.74, 6) is -3.80. The van der Waals surface area contributed by atoms with Crippen LogP contribution in [0.4, 0.5) is 20.2 Å². The van der Waals surface area contributed by atoms with Crippen molar-refractivity contribution < 1.29 is 23.2 Å². The van der Waals surface area contributed by atoms with Crippen molar-refractivity contribution >= 4 is 34.6 Å². The maximum absolute atomic E-state index is 14.5. The predicted molar refractivity (Wildman–Crippen MR) is 188 cm³/mol. The van der Waals surface area contributed by atoms with Gasteiger partial charge in [-0.15, -0.1) is 0 Å². The molecule has 1 aliphatic carbocycles. The molecule has 51 heavy (non-hydrogen) atoms. The van der Waals surface area contributed by atoms with E-state index in [1.165, 1.54) is 51.5 Å². The van der Waals surface area contributed by atoms with Crippen molar-refractivity contribution in [1.82, 2.24) is 29.9 Å². The van der Waals surface area contributed by atoms with Gasteiger partial charge in [0.05, 0.1) is 5.69 Å². The van der Waals surface area contributed by atoms with E-state index >= 15 is 0 Å². The van der Waals surface area contributed by atoms with E-state index in [1.54, 1.807) is 0 Å². The number of ketones is 1. The van der Waals surface area contributed by atoms with Crippen molar-refractivity contribution in [2.45, 2.75) is 38.3 Å². The standard InChI is InChI=1S/C39H37F2N7O3/c40-28-10-15-34-44-31(23-47(34)22-28)38(50)43-29-11-8-26(9-12-29)35-37(49)36-32(13-14-33(41)45-36)48(39(35)51)30-3-1-2-27(20-30)25-6-4-24(5-7-25)21-46-18-16-42-17-19-46/h1-7,10,13-15,20,22-23,26,29,35,42H,8-9,11-12,16-19,21H2,(H,43,50). The minimum absolute atomic E-state index is 0.0546. The summed E-state index contributed by atoms with van der Waals surface area (Å²) in [4.78, 5) is 53.5. The number of aromatic nitrogens is 3. The zero-order chi connectivity index (χ0) is 35.1. The van der Waals surface area contributed by atoms with E-state index in [-0.39, 0.29) is 40.8 Å². The van der Waals surface area contributed by atoms with Crippen LogP contribution in [-0.4, -0.2) is 69.1 Å². The largest absolute Gasteiger partial charge is 0.348 e. The van der Waals surface area contributed by atoms with Gasteiger partial charge in [0, 0.05) is 56.8 Å². The first-order valence-corrected chi connectivity index (χ1v) is 17.4. The SMILES string of the molecule is O=C(NC1CCC(C2C(=O)c3nc(F)ccc3N(c3cccc(-c4ccc(CN5CCNCC5)cc4)c3)C2=O)CC1)c1cn2cc(F)ccc2n1. The lowest BCUT2D eigenvalue weighted by atomic mass is 9.73. The fourth-order valence-corrected chi connectivity index (χ4v) is 7.67. The number of anilines is 2. The number of imidazole rings is 1. The molecule has 2 aromatic carbocycles. The van der Waals surface area contributed by atoms with Gasteiger partial charge in [-0.25, -0.2) is 14.4 Å². The molecule has 3 aromatic heterocycles. The number of piperazine rings is 1. The van der Waals surface area contributed by atoms with Crippen LogP contribution in [0.5, 0.6) is 0 Å². The van der Waals surface area contributed by atoms with Gasteiger partial charge >= 0.3 is 0 Å². The van der Waals surface area contributed by atoms with E-state index in [2.05, 4.69) is 49.8 Å². The van der Waals surface area contributed by atoms with Gasteiger partial charge in [-0.3, -0.25) is 24.2 Å². The molecular formula is C39H37F2N7O3. The maximum Gasteiger partial charge on any atom is 0.271 e. The highest BCUT2D eigenvalue weighted by molar-refractivity contribution is 6.23. The molecule has 1 saturated carbocycles. The van der Waals surface area contributed by atoms with E-state index in [0.29, 0.717) is 37.0 Å². The highest BCUT2D eigenvalue weighted by atomic mass is 19.1. The summed E-state index contributed by atoms with van der Waals surface area (Å²) in [5.41, 5.74) is 4.54. The lowest BCUT2D eigenvalue weighted by Gasteiger charge is -2.38. The number of rotatable bonds is 7. The molecular weight excluding hydrogens is 652 g/mol. The number of nitrogens with zero attached hydrogens (tertiary/aromatic N) is 5. The van der Waals surface area contributed by atoms with Gasteiger partial charge in [0.25, 0.3) is 5.91 Å². The number of hydrogen-bond donors (Lipinski definition) is 2. The van der Waals surface area contributed by atoms with Crippen LogP contribution < -0.4 is 15.5 Å². The third-order valence-corrected chi connectivity index (χ3v) is 10.3. The van der Waals surface area contributed by atoms with Crippen LogP contribution in [0.25, 0.3) is 16.8 Å². The molecule has 12 heteroatoms. The van der Waals surface area contributed by atoms with Gasteiger partial charge < -0.3 is 15.0 Å². The average Bonchev–Trinajstić information content (AvgIpc) is 3.57.